The Labute approximate surface area is 125 Å². The average molecular weight is 303 g/mol. The van der Waals surface area contributed by atoms with Crippen LogP contribution in [0, 0.1) is 0 Å². The minimum atomic E-state index is 0.948. The molecular formula is C13H26N4S2. The number of nitrogens with zero attached hydrogens (tertiary/aromatic N) is 3. The lowest BCUT2D eigenvalue weighted by atomic mass is 10.3. The summed E-state index contributed by atoms with van der Waals surface area (Å²) in [7, 11) is 0. The van der Waals surface area contributed by atoms with Crippen LogP contribution in [0.15, 0.2) is 4.34 Å². The molecule has 0 amide bonds. The highest BCUT2D eigenvalue weighted by Gasteiger charge is 2.06. The van der Waals surface area contributed by atoms with Crippen LogP contribution >= 0.6 is 23.1 Å². The summed E-state index contributed by atoms with van der Waals surface area (Å²) in [5.41, 5.74) is 0. The van der Waals surface area contributed by atoms with Crippen LogP contribution in [0.2, 0.25) is 0 Å². The van der Waals surface area contributed by atoms with Gasteiger partial charge >= 0.3 is 0 Å². The summed E-state index contributed by atoms with van der Waals surface area (Å²) in [5.74, 6) is 1.10. The van der Waals surface area contributed by atoms with Gasteiger partial charge in [-0.1, -0.05) is 43.9 Å². The third-order valence-corrected chi connectivity index (χ3v) is 4.64. The monoisotopic (exact) mass is 302 g/mol. The van der Waals surface area contributed by atoms with Crippen LogP contribution in [0.5, 0.6) is 0 Å². The summed E-state index contributed by atoms with van der Waals surface area (Å²) >= 11 is 3.48. The third-order valence-electron chi connectivity index (χ3n) is 2.65. The molecular weight excluding hydrogens is 276 g/mol. The Morgan fingerprint density at radius 3 is 2.42 bits per heavy atom. The highest BCUT2D eigenvalue weighted by atomic mass is 32.2. The van der Waals surface area contributed by atoms with Crippen LogP contribution in [0.1, 0.15) is 40.0 Å². The standard InChI is InChI=1S/C13H26N4S2/c1-4-7-14-12-15-16-13(19-12)18-11-10-17(8-5-2)9-6-3/h4-11H2,1-3H3,(H,14,15). The van der Waals surface area contributed by atoms with Gasteiger partial charge in [-0.15, -0.1) is 10.2 Å². The number of hydrogen-bond donors (Lipinski definition) is 1. The number of thioether (sulfide) groups is 1. The Morgan fingerprint density at radius 2 is 1.79 bits per heavy atom. The van der Waals surface area contributed by atoms with E-state index in [-0.39, 0.29) is 0 Å². The van der Waals surface area contributed by atoms with Gasteiger partial charge < -0.3 is 10.2 Å². The molecule has 19 heavy (non-hydrogen) atoms. The summed E-state index contributed by atoms with van der Waals surface area (Å²) in [6.45, 7) is 11.2. The van der Waals surface area contributed by atoms with Gasteiger partial charge in [0.1, 0.15) is 0 Å². The van der Waals surface area contributed by atoms with Gasteiger partial charge in [-0.3, -0.25) is 0 Å². The van der Waals surface area contributed by atoms with Gasteiger partial charge in [-0.25, -0.2) is 0 Å². The second-order valence-corrected chi connectivity index (χ2v) is 6.81. The van der Waals surface area contributed by atoms with Crippen LogP contribution < -0.4 is 5.32 Å². The molecule has 0 unspecified atom stereocenters. The van der Waals surface area contributed by atoms with Gasteiger partial charge in [-0.05, 0) is 32.4 Å². The molecule has 0 aromatic carbocycles. The van der Waals surface area contributed by atoms with E-state index in [1.54, 1.807) is 11.3 Å². The first-order chi connectivity index (χ1) is 9.30. The predicted molar refractivity (Wildman–Crippen MR) is 86.4 cm³/mol. The summed E-state index contributed by atoms with van der Waals surface area (Å²) < 4.78 is 1.08. The fraction of sp³-hybridized carbons (Fsp3) is 0.846. The Kier molecular flexibility index (Phi) is 9.20. The fourth-order valence-corrected chi connectivity index (χ4v) is 3.65. The summed E-state index contributed by atoms with van der Waals surface area (Å²) in [6.07, 6.45) is 3.58. The lowest BCUT2D eigenvalue weighted by Crippen LogP contribution is -2.27. The van der Waals surface area contributed by atoms with Crippen molar-refractivity contribution in [2.24, 2.45) is 0 Å². The van der Waals surface area contributed by atoms with Crippen molar-refractivity contribution in [3.8, 4) is 0 Å². The molecule has 0 saturated carbocycles. The molecule has 0 bridgehead atoms. The predicted octanol–water partition coefficient (Wildman–Crippen LogP) is 3.57. The Hall–Kier alpha value is -0.330. The van der Waals surface area contributed by atoms with Crippen LogP contribution in [0.25, 0.3) is 0 Å². The third kappa shape index (κ3) is 7.13. The number of nitrogens with one attached hydrogen (secondary N) is 1. The van der Waals surface area contributed by atoms with Gasteiger partial charge in [0.2, 0.25) is 5.13 Å². The van der Waals surface area contributed by atoms with Gasteiger partial charge in [-0.2, -0.15) is 0 Å². The lowest BCUT2D eigenvalue weighted by molar-refractivity contribution is 0.292. The zero-order chi connectivity index (χ0) is 13.9. The molecule has 1 N–H and O–H groups in total. The van der Waals surface area contributed by atoms with Gasteiger partial charge in [0.25, 0.3) is 0 Å². The number of rotatable bonds is 11. The summed E-state index contributed by atoms with van der Waals surface area (Å²) in [5, 5.41) is 12.6. The van der Waals surface area contributed by atoms with E-state index in [1.807, 2.05) is 11.8 Å². The van der Waals surface area contributed by atoms with Crippen molar-refractivity contribution in [1.29, 1.82) is 0 Å². The highest BCUT2D eigenvalue weighted by molar-refractivity contribution is 8.01. The first kappa shape index (κ1) is 16.7. The molecule has 0 fully saturated rings. The molecule has 0 aliphatic heterocycles. The van der Waals surface area contributed by atoms with Crippen molar-refractivity contribution < 1.29 is 0 Å². The quantitative estimate of drug-likeness (QED) is 0.633. The minimum absolute atomic E-state index is 0.948. The van der Waals surface area contributed by atoms with Crippen LogP contribution in [-0.4, -0.2) is 47.0 Å². The van der Waals surface area contributed by atoms with E-state index in [0.29, 0.717) is 0 Å². The molecule has 0 radical (unpaired) electrons. The van der Waals surface area contributed by atoms with E-state index >= 15 is 0 Å². The zero-order valence-electron chi connectivity index (χ0n) is 12.3. The molecule has 0 aliphatic carbocycles. The number of anilines is 1. The Morgan fingerprint density at radius 1 is 1.05 bits per heavy atom. The van der Waals surface area contributed by atoms with Crippen LogP contribution in [-0.2, 0) is 0 Å². The van der Waals surface area contributed by atoms with Gasteiger partial charge in [0, 0.05) is 18.8 Å². The molecule has 1 aromatic heterocycles. The second kappa shape index (κ2) is 10.5. The van der Waals surface area contributed by atoms with E-state index in [4.69, 9.17) is 0 Å². The molecule has 1 rings (SSSR count). The largest absolute Gasteiger partial charge is 0.360 e. The molecule has 1 heterocycles. The summed E-state index contributed by atoms with van der Waals surface area (Å²) in [4.78, 5) is 2.53. The van der Waals surface area contributed by atoms with E-state index in [1.165, 1.54) is 25.9 Å². The molecule has 0 spiro atoms. The van der Waals surface area contributed by atoms with Gasteiger partial charge in [0.05, 0.1) is 0 Å². The van der Waals surface area contributed by atoms with Crippen molar-refractivity contribution in [1.82, 2.24) is 15.1 Å². The average Bonchev–Trinajstić information content (AvgIpc) is 2.85. The maximum atomic E-state index is 4.21. The smallest absolute Gasteiger partial charge is 0.206 e. The van der Waals surface area contributed by atoms with Crippen molar-refractivity contribution in [3.63, 3.8) is 0 Å². The fourth-order valence-electron chi connectivity index (χ4n) is 1.80. The number of hydrogen-bond acceptors (Lipinski definition) is 6. The second-order valence-electron chi connectivity index (χ2n) is 4.49. The van der Waals surface area contributed by atoms with Crippen molar-refractivity contribution in [3.05, 3.63) is 0 Å². The maximum Gasteiger partial charge on any atom is 0.206 e. The molecule has 0 saturated heterocycles. The molecule has 6 heteroatoms. The number of aromatic nitrogens is 2. The molecule has 1 aromatic rings. The molecule has 4 nitrogen and oxygen atoms in total. The van der Waals surface area contributed by atoms with Crippen LogP contribution in [0.3, 0.4) is 0 Å². The zero-order valence-corrected chi connectivity index (χ0v) is 13.9. The highest BCUT2D eigenvalue weighted by Crippen LogP contribution is 2.25. The Balaban J connectivity index is 2.25. The Bertz CT molecular complexity index is 324. The van der Waals surface area contributed by atoms with E-state index in [2.05, 4.69) is 41.2 Å². The van der Waals surface area contributed by atoms with Crippen molar-refractivity contribution in [2.45, 2.75) is 44.4 Å². The van der Waals surface area contributed by atoms with Crippen molar-refractivity contribution >= 4 is 28.2 Å². The normalized spacial score (nSPS) is 11.2. The summed E-state index contributed by atoms with van der Waals surface area (Å²) in [6, 6.07) is 0. The molecule has 0 atom stereocenters. The maximum absolute atomic E-state index is 4.21. The first-order valence-electron chi connectivity index (χ1n) is 7.22. The molecule has 0 aliphatic rings. The van der Waals surface area contributed by atoms with E-state index in [9.17, 15) is 0 Å². The first-order valence-corrected chi connectivity index (χ1v) is 9.02. The topological polar surface area (TPSA) is 41.1 Å². The SMILES string of the molecule is CCCNc1nnc(SCCN(CCC)CCC)s1. The van der Waals surface area contributed by atoms with Crippen molar-refractivity contribution in [2.75, 3.05) is 37.2 Å². The van der Waals surface area contributed by atoms with Gasteiger partial charge in [0.15, 0.2) is 4.34 Å². The lowest BCUT2D eigenvalue weighted by Gasteiger charge is -2.19. The minimum Gasteiger partial charge on any atom is -0.360 e. The van der Waals surface area contributed by atoms with E-state index in [0.717, 1.165) is 34.7 Å². The van der Waals surface area contributed by atoms with E-state index < -0.39 is 0 Å². The molecule has 110 valence electrons. The van der Waals surface area contributed by atoms with Crippen LogP contribution in [0.4, 0.5) is 5.13 Å².